The molecule has 0 aromatic heterocycles. The number of fused-ring (bicyclic) bond motifs is 1. The highest BCUT2D eigenvalue weighted by atomic mass is 16.3. The standard InChI is InChI=1S/C32H40N4O3/c1-5-32(3,4)35-28-19-18-25-10-6-9-13-29(25)36(30(28)38)21-23-14-16-24(17-15-23)26-11-7-8-12-27(26)34-31(39)33-20-22(2)37/h6-17,22,28,35,37H,5,18-21H2,1-4H3,(H2,33,34,39)/t22?,28-/m1/s1. The second-order valence-electron chi connectivity index (χ2n) is 11.0. The Hall–Kier alpha value is -3.68. The molecule has 3 amide bonds. The maximum absolute atomic E-state index is 13.8. The van der Waals surface area contributed by atoms with Gasteiger partial charge in [-0.15, -0.1) is 0 Å². The Morgan fingerprint density at radius 3 is 2.46 bits per heavy atom. The number of carbonyl (C=O) groups excluding carboxylic acids is 2. The van der Waals surface area contributed by atoms with E-state index in [0.29, 0.717) is 12.2 Å². The largest absolute Gasteiger partial charge is 0.392 e. The summed E-state index contributed by atoms with van der Waals surface area (Å²) in [4.78, 5) is 28.1. The Bertz CT molecular complexity index is 1290. The van der Waals surface area contributed by atoms with Crippen LogP contribution in [-0.2, 0) is 17.8 Å². The highest BCUT2D eigenvalue weighted by molar-refractivity contribution is 5.98. The van der Waals surface area contributed by atoms with Gasteiger partial charge in [0.15, 0.2) is 0 Å². The number of amides is 3. The molecule has 7 heteroatoms. The van der Waals surface area contributed by atoms with E-state index in [1.807, 2.05) is 71.6 Å². The zero-order valence-corrected chi connectivity index (χ0v) is 23.3. The highest BCUT2D eigenvalue weighted by Crippen LogP contribution is 2.31. The van der Waals surface area contributed by atoms with E-state index in [-0.39, 0.29) is 30.1 Å². The molecule has 1 aliphatic heterocycles. The third kappa shape index (κ3) is 7.25. The average molecular weight is 529 g/mol. The summed E-state index contributed by atoms with van der Waals surface area (Å²) in [5.41, 5.74) is 5.59. The monoisotopic (exact) mass is 528 g/mol. The first-order chi connectivity index (χ1) is 18.7. The van der Waals surface area contributed by atoms with E-state index < -0.39 is 6.10 Å². The molecule has 4 N–H and O–H groups in total. The van der Waals surface area contributed by atoms with Gasteiger partial charge in [0.05, 0.1) is 24.4 Å². The van der Waals surface area contributed by atoms with Crippen molar-refractivity contribution in [2.45, 2.75) is 71.2 Å². The number of nitrogens with one attached hydrogen (secondary N) is 3. The lowest BCUT2D eigenvalue weighted by Crippen LogP contribution is -2.53. The number of hydrogen-bond acceptors (Lipinski definition) is 4. The number of aliphatic hydroxyl groups is 1. The van der Waals surface area contributed by atoms with Gasteiger partial charge in [0.25, 0.3) is 0 Å². The van der Waals surface area contributed by atoms with Gasteiger partial charge in [-0.1, -0.05) is 67.6 Å². The minimum Gasteiger partial charge on any atom is -0.392 e. The number of nitrogens with zero attached hydrogens (tertiary/aromatic N) is 1. The van der Waals surface area contributed by atoms with Crippen LogP contribution < -0.4 is 20.9 Å². The number of rotatable bonds is 9. The van der Waals surface area contributed by atoms with Gasteiger partial charge >= 0.3 is 6.03 Å². The van der Waals surface area contributed by atoms with E-state index in [1.165, 1.54) is 5.56 Å². The molecule has 3 aromatic carbocycles. The summed E-state index contributed by atoms with van der Waals surface area (Å²) in [6.07, 6.45) is 1.93. The van der Waals surface area contributed by atoms with E-state index in [4.69, 9.17) is 0 Å². The van der Waals surface area contributed by atoms with Crippen LogP contribution in [0.15, 0.2) is 72.8 Å². The zero-order chi connectivity index (χ0) is 28.0. The maximum Gasteiger partial charge on any atom is 0.319 e. The molecule has 39 heavy (non-hydrogen) atoms. The van der Waals surface area contributed by atoms with Crippen LogP contribution in [0, 0.1) is 0 Å². The highest BCUT2D eigenvalue weighted by Gasteiger charge is 2.33. The van der Waals surface area contributed by atoms with E-state index in [2.05, 4.69) is 42.8 Å². The van der Waals surface area contributed by atoms with Crippen LogP contribution in [0.1, 0.15) is 51.7 Å². The molecule has 2 atom stereocenters. The molecule has 1 aliphatic rings. The molecular formula is C32H40N4O3. The Kier molecular flexibility index (Phi) is 9.04. The van der Waals surface area contributed by atoms with Crippen LogP contribution in [0.2, 0.25) is 0 Å². The number of benzene rings is 3. The molecular weight excluding hydrogens is 488 g/mol. The van der Waals surface area contributed by atoms with Gasteiger partial charge in [-0.25, -0.2) is 4.79 Å². The van der Waals surface area contributed by atoms with Gasteiger partial charge in [0.2, 0.25) is 5.91 Å². The second kappa shape index (κ2) is 12.5. The van der Waals surface area contributed by atoms with Gasteiger partial charge in [-0.05, 0) is 68.9 Å². The molecule has 0 radical (unpaired) electrons. The number of hydrogen-bond donors (Lipinski definition) is 4. The Morgan fingerprint density at radius 1 is 1.05 bits per heavy atom. The molecule has 3 aromatic rings. The summed E-state index contributed by atoms with van der Waals surface area (Å²) >= 11 is 0. The van der Waals surface area contributed by atoms with Crippen molar-refractivity contribution in [2.24, 2.45) is 0 Å². The molecule has 0 fully saturated rings. The molecule has 206 valence electrons. The third-order valence-corrected chi connectivity index (χ3v) is 7.34. The van der Waals surface area contributed by atoms with Crippen molar-refractivity contribution in [3.63, 3.8) is 0 Å². The fourth-order valence-electron chi connectivity index (χ4n) is 4.81. The van der Waals surface area contributed by atoms with Crippen LogP contribution >= 0.6 is 0 Å². The zero-order valence-electron chi connectivity index (χ0n) is 23.3. The summed E-state index contributed by atoms with van der Waals surface area (Å²) < 4.78 is 0. The van der Waals surface area contributed by atoms with Crippen molar-refractivity contribution in [1.29, 1.82) is 0 Å². The fourth-order valence-corrected chi connectivity index (χ4v) is 4.81. The second-order valence-corrected chi connectivity index (χ2v) is 11.0. The lowest BCUT2D eigenvalue weighted by molar-refractivity contribution is -0.121. The van der Waals surface area contributed by atoms with Gasteiger partial charge in [-0.3, -0.25) is 4.79 Å². The fraction of sp³-hybridized carbons (Fsp3) is 0.375. The van der Waals surface area contributed by atoms with Crippen LogP contribution in [0.5, 0.6) is 0 Å². The Labute approximate surface area is 231 Å². The van der Waals surface area contributed by atoms with Crippen molar-refractivity contribution >= 4 is 23.3 Å². The van der Waals surface area contributed by atoms with Crippen molar-refractivity contribution in [2.75, 3.05) is 16.8 Å². The Morgan fingerprint density at radius 2 is 1.74 bits per heavy atom. The first kappa shape index (κ1) is 28.3. The van der Waals surface area contributed by atoms with Crippen LogP contribution in [0.3, 0.4) is 0 Å². The lowest BCUT2D eigenvalue weighted by atomic mass is 9.98. The quantitative estimate of drug-likeness (QED) is 0.296. The maximum atomic E-state index is 13.8. The van der Waals surface area contributed by atoms with E-state index >= 15 is 0 Å². The minimum atomic E-state index is -0.620. The summed E-state index contributed by atoms with van der Waals surface area (Å²) in [6.45, 7) is 8.69. The molecule has 0 saturated carbocycles. The van der Waals surface area contributed by atoms with E-state index in [1.54, 1.807) is 6.92 Å². The normalized spacial score (nSPS) is 16.3. The molecule has 0 spiro atoms. The summed E-state index contributed by atoms with van der Waals surface area (Å²) in [5.74, 6) is 0.100. The summed E-state index contributed by atoms with van der Waals surface area (Å²) in [7, 11) is 0. The van der Waals surface area contributed by atoms with Crippen molar-refractivity contribution < 1.29 is 14.7 Å². The molecule has 1 heterocycles. The summed E-state index contributed by atoms with van der Waals surface area (Å²) in [5, 5.41) is 18.6. The van der Waals surface area contributed by atoms with E-state index in [9.17, 15) is 14.7 Å². The predicted octanol–water partition coefficient (Wildman–Crippen LogP) is 5.48. The first-order valence-electron chi connectivity index (χ1n) is 13.7. The van der Waals surface area contributed by atoms with E-state index in [0.717, 1.165) is 41.6 Å². The van der Waals surface area contributed by atoms with Gasteiger partial charge in [-0.2, -0.15) is 0 Å². The van der Waals surface area contributed by atoms with Crippen molar-refractivity contribution in [1.82, 2.24) is 10.6 Å². The topological polar surface area (TPSA) is 93.7 Å². The first-order valence-corrected chi connectivity index (χ1v) is 13.7. The smallest absolute Gasteiger partial charge is 0.319 e. The predicted molar refractivity (Wildman–Crippen MR) is 158 cm³/mol. The third-order valence-electron chi connectivity index (χ3n) is 7.34. The lowest BCUT2D eigenvalue weighted by Gasteiger charge is -2.32. The van der Waals surface area contributed by atoms with Gasteiger partial charge < -0.3 is 26.0 Å². The van der Waals surface area contributed by atoms with Gasteiger partial charge in [0, 0.05) is 23.3 Å². The number of carbonyl (C=O) groups is 2. The molecule has 4 rings (SSSR count). The number of aliphatic hydroxyl groups excluding tert-OH is 1. The minimum absolute atomic E-state index is 0.100. The van der Waals surface area contributed by atoms with Gasteiger partial charge in [0.1, 0.15) is 0 Å². The van der Waals surface area contributed by atoms with Crippen molar-refractivity contribution in [3.05, 3.63) is 83.9 Å². The SMILES string of the molecule is CCC(C)(C)N[C@@H]1CCc2ccccc2N(Cc2ccc(-c3ccccc3NC(=O)NCC(C)O)cc2)C1=O. The van der Waals surface area contributed by atoms with Crippen LogP contribution in [-0.4, -0.2) is 41.3 Å². The molecule has 1 unspecified atom stereocenters. The molecule has 0 bridgehead atoms. The van der Waals surface area contributed by atoms with Crippen LogP contribution in [0.4, 0.5) is 16.2 Å². The van der Waals surface area contributed by atoms with Crippen molar-refractivity contribution in [3.8, 4) is 11.1 Å². The molecule has 0 saturated heterocycles. The van der Waals surface area contributed by atoms with Crippen LogP contribution in [0.25, 0.3) is 11.1 Å². The molecule has 7 nitrogen and oxygen atoms in total. The summed E-state index contributed by atoms with van der Waals surface area (Å²) in [6, 6.07) is 23.3. The number of para-hydroxylation sites is 2. The average Bonchev–Trinajstić information content (AvgIpc) is 3.05. The molecule has 0 aliphatic carbocycles. The number of anilines is 2. The number of aryl methyl sites for hydroxylation is 1. The Balaban J connectivity index is 1.55. The number of urea groups is 1.